The van der Waals surface area contributed by atoms with Gasteiger partial charge >= 0.3 is 5.97 Å². The molecule has 136 valence electrons. The smallest absolute Gasteiger partial charge is 0.339 e. The first-order chi connectivity index (χ1) is 12.4. The Morgan fingerprint density at radius 1 is 1.12 bits per heavy atom. The molecule has 0 saturated heterocycles. The molecule has 26 heavy (non-hydrogen) atoms. The van der Waals surface area contributed by atoms with Crippen molar-refractivity contribution in [1.29, 1.82) is 0 Å². The van der Waals surface area contributed by atoms with Crippen molar-refractivity contribution in [3.8, 4) is 0 Å². The van der Waals surface area contributed by atoms with Crippen LogP contribution in [-0.4, -0.2) is 36.4 Å². The highest BCUT2D eigenvalue weighted by Gasteiger charge is 2.16. The summed E-state index contributed by atoms with van der Waals surface area (Å²) in [6.45, 7) is 4.48. The van der Waals surface area contributed by atoms with Gasteiger partial charge in [-0.1, -0.05) is 26.0 Å². The van der Waals surface area contributed by atoms with E-state index in [0.717, 1.165) is 0 Å². The number of nitrogens with one attached hydrogen (secondary N) is 2. The fraction of sp³-hybridized carbons (Fsp3) is 0.263. The van der Waals surface area contributed by atoms with Crippen LogP contribution in [-0.2, 0) is 4.74 Å². The molecule has 7 nitrogen and oxygen atoms in total. The topological polar surface area (TPSA) is 97.4 Å². The van der Waals surface area contributed by atoms with E-state index < -0.39 is 11.9 Å². The second kappa shape index (κ2) is 8.75. The van der Waals surface area contributed by atoms with Gasteiger partial charge in [-0.25, -0.2) is 4.79 Å². The van der Waals surface area contributed by atoms with Crippen molar-refractivity contribution < 1.29 is 19.1 Å². The summed E-state index contributed by atoms with van der Waals surface area (Å²) in [5.74, 6) is -1.05. The number of nitrogens with zero attached hydrogens (tertiary/aromatic N) is 1. The monoisotopic (exact) mass is 355 g/mol. The number of benzene rings is 1. The Morgan fingerprint density at radius 2 is 1.85 bits per heavy atom. The second-order valence-electron chi connectivity index (χ2n) is 6.02. The molecule has 0 saturated carbocycles. The Morgan fingerprint density at radius 3 is 2.54 bits per heavy atom. The molecule has 2 amide bonds. The molecule has 1 aromatic carbocycles. The molecule has 0 aliphatic carbocycles. The Kier molecular flexibility index (Phi) is 6.43. The normalized spacial score (nSPS) is 10.3. The van der Waals surface area contributed by atoms with Gasteiger partial charge in [0.2, 0.25) is 0 Å². The first-order valence-electron chi connectivity index (χ1n) is 8.15. The summed E-state index contributed by atoms with van der Waals surface area (Å²) in [5.41, 5.74) is 0.980. The SMILES string of the molecule is COC(=O)c1ccccc1NC(=O)c1ccnc(C(=O)NCC(C)C)c1. The third kappa shape index (κ3) is 4.89. The third-order valence-corrected chi connectivity index (χ3v) is 3.51. The molecule has 2 rings (SSSR count). The van der Waals surface area contributed by atoms with Crippen molar-refractivity contribution in [2.45, 2.75) is 13.8 Å². The lowest BCUT2D eigenvalue weighted by atomic mass is 10.1. The lowest BCUT2D eigenvalue weighted by molar-refractivity contribution is 0.0601. The van der Waals surface area contributed by atoms with Crippen LogP contribution in [0.5, 0.6) is 0 Å². The van der Waals surface area contributed by atoms with E-state index in [0.29, 0.717) is 18.2 Å². The second-order valence-corrected chi connectivity index (χ2v) is 6.02. The van der Waals surface area contributed by atoms with Crippen LogP contribution in [0, 0.1) is 5.92 Å². The van der Waals surface area contributed by atoms with Crippen molar-refractivity contribution in [3.63, 3.8) is 0 Å². The van der Waals surface area contributed by atoms with Crippen molar-refractivity contribution in [2.75, 3.05) is 19.0 Å². The molecule has 0 aliphatic heterocycles. The van der Waals surface area contributed by atoms with Crippen LogP contribution < -0.4 is 10.6 Å². The van der Waals surface area contributed by atoms with Crippen molar-refractivity contribution >= 4 is 23.5 Å². The molecule has 0 fully saturated rings. The maximum Gasteiger partial charge on any atom is 0.339 e. The average molecular weight is 355 g/mol. The number of hydrogen-bond acceptors (Lipinski definition) is 5. The molecule has 1 aromatic heterocycles. The number of anilines is 1. The molecule has 0 bridgehead atoms. The summed E-state index contributed by atoms with van der Waals surface area (Å²) >= 11 is 0. The number of esters is 1. The van der Waals surface area contributed by atoms with Gasteiger partial charge in [0.25, 0.3) is 11.8 Å². The number of carbonyl (C=O) groups is 3. The summed E-state index contributed by atoms with van der Waals surface area (Å²) in [5, 5.41) is 5.41. The van der Waals surface area contributed by atoms with E-state index in [2.05, 4.69) is 15.6 Å². The zero-order valence-corrected chi connectivity index (χ0v) is 14.9. The highest BCUT2D eigenvalue weighted by atomic mass is 16.5. The Balaban J connectivity index is 2.17. The summed E-state index contributed by atoms with van der Waals surface area (Å²) in [6, 6.07) is 9.42. The van der Waals surface area contributed by atoms with Gasteiger partial charge in [-0.15, -0.1) is 0 Å². The lowest BCUT2D eigenvalue weighted by Gasteiger charge is -2.10. The van der Waals surface area contributed by atoms with Gasteiger partial charge < -0.3 is 15.4 Å². The number of para-hydroxylation sites is 1. The molecule has 0 atom stereocenters. The predicted molar refractivity (Wildman–Crippen MR) is 97.1 cm³/mol. The molecule has 2 aromatic rings. The van der Waals surface area contributed by atoms with E-state index in [9.17, 15) is 14.4 Å². The number of hydrogen-bond donors (Lipinski definition) is 2. The predicted octanol–water partition coefficient (Wildman–Crippen LogP) is 2.51. The number of carbonyl (C=O) groups excluding carboxylic acids is 3. The van der Waals surface area contributed by atoms with Gasteiger partial charge in [0, 0.05) is 18.3 Å². The van der Waals surface area contributed by atoms with Crippen LogP contribution in [0.25, 0.3) is 0 Å². The van der Waals surface area contributed by atoms with Gasteiger partial charge in [-0.2, -0.15) is 0 Å². The van der Waals surface area contributed by atoms with E-state index in [1.807, 2.05) is 13.8 Å². The van der Waals surface area contributed by atoms with E-state index in [1.165, 1.54) is 25.4 Å². The Hall–Kier alpha value is -3.22. The molecule has 0 radical (unpaired) electrons. The zero-order valence-electron chi connectivity index (χ0n) is 14.9. The van der Waals surface area contributed by atoms with Crippen molar-refractivity contribution in [2.24, 2.45) is 5.92 Å². The van der Waals surface area contributed by atoms with Gasteiger partial charge in [-0.3, -0.25) is 14.6 Å². The van der Waals surface area contributed by atoms with Crippen molar-refractivity contribution in [3.05, 3.63) is 59.4 Å². The van der Waals surface area contributed by atoms with Crippen molar-refractivity contribution in [1.82, 2.24) is 10.3 Å². The quantitative estimate of drug-likeness (QED) is 0.776. The first kappa shape index (κ1) is 19.1. The summed E-state index contributed by atoms with van der Waals surface area (Å²) in [4.78, 5) is 40.4. The standard InChI is InChI=1S/C19H21N3O4/c1-12(2)11-21-18(24)16-10-13(8-9-20-16)17(23)22-15-7-5-4-6-14(15)19(25)26-3/h4-10,12H,11H2,1-3H3,(H,21,24)(H,22,23). The molecule has 0 aliphatic rings. The average Bonchev–Trinajstić information content (AvgIpc) is 2.65. The minimum atomic E-state index is -0.551. The van der Waals surface area contributed by atoms with E-state index >= 15 is 0 Å². The fourth-order valence-electron chi connectivity index (χ4n) is 2.16. The summed E-state index contributed by atoms with van der Waals surface area (Å²) < 4.78 is 4.71. The molecular formula is C19H21N3O4. The highest BCUT2D eigenvalue weighted by molar-refractivity contribution is 6.08. The number of rotatable bonds is 6. The van der Waals surface area contributed by atoms with E-state index in [-0.39, 0.29) is 22.7 Å². The molecule has 2 N–H and O–H groups in total. The maximum atomic E-state index is 12.5. The number of methoxy groups -OCH3 is 1. The Labute approximate surface area is 151 Å². The minimum absolute atomic E-state index is 0.152. The summed E-state index contributed by atoms with van der Waals surface area (Å²) in [6.07, 6.45) is 1.39. The number of aromatic nitrogens is 1. The molecule has 0 unspecified atom stereocenters. The Bertz CT molecular complexity index is 818. The minimum Gasteiger partial charge on any atom is -0.465 e. The van der Waals surface area contributed by atoms with Gasteiger partial charge in [0.05, 0.1) is 18.4 Å². The number of amides is 2. The fourth-order valence-corrected chi connectivity index (χ4v) is 2.16. The first-order valence-corrected chi connectivity index (χ1v) is 8.15. The largest absolute Gasteiger partial charge is 0.465 e. The maximum absolute atomic E-state index is 12.5. The summed E-state index contributed by atoms with van der Waals surface area (Å²) in [7, 11) is 1.27. The lowest BCUT2D eigenvalue weighted by Crippen LogP contribution is -2.28. The van der Waals surface area contributed by atoms with Crippen LogP contribution in [0.15, 0.2) is 42.6 Å². The van der Waals surface area contributed by atoms with Crippen LogP contribution in [0.2, 0.25) is 0 Å². The number of pyridine rings is 1. The number of ether oxygens (including phenoxy) is 1. The molecule has 7 heteroatoms. The third-order valence-electron chi connectivity index (χ3n) is 3.51. The van der Waals surface area contributed by atoms with Gasteiger partial charge in [-0.05, 0) is 30.2 Å². The van der Waals surface area contributed by atoms with Gasteiger partial charge in [0.15, 0.2) is 0 Å². The van der Waals surface area contributed by atoms with Crippen LogP contribution in [0.3, 0.4) is 0 Å². The van der Waals surface area contributed by atoms with Crippen LogP contribution in [0.4, 0.5) is 5.69 Å². The van der Waals surface area contributed by atoms with Gasteiger partial charge in [0.1, 0.15) is 5.69 Å². The van der Waals surface area contributed by atoms with Crippen LogP contribution >= 0.6 is 0 Å². The highest BCUT2D eigenvalue weighted by Crippen LogP contribution is 2.17. The van der Waals surface area contributed by atoms with E-state index in [1.54, 1.807) is 24.3 Å². The van der Waals surface area contributed by atoms with E-state index in [4.69, 9.17) is 4.74 Å². The zero-order chi connectivity index (χ0) is 19.1. The van der Waals surface area contributed by atoms with Crippen LogP contribution in [0.1, 0.15) is 45.1 Å². The molecule has 1 heterocycles. The molecular weight excluding hydrogens is 334 g/mol. The molecule has 0 spiro atoms.